The van der Waals surface area contributed by atoms with Gasteiger partial charge < -0.3 is 10.1 Å². The molecule has 0 saturated carbocycles. The maximum absolute atomic E-state index is 12.6. The summed E-state index contributed by atoms with van der Waals surface area (Å²) in [6, 6.07) is 9.48. The molecule has 4 aromatic rings. The molecule has 26 heavy (non-hydrogen) atoms. The van der Waals surface area contributed by atoms with E-state index in [4.69, 9.17) is 4.74 Å². The zero-order chi connectivity index (χ0) is 18.3. The smallest absolute Gasteiger partial charge is 0.276 e. The first kappa shape index (κ1) is 16.0. The van der Waals surface area contributed by atoms with Crippen molar-refractivity contribution >= 4 is 49.7 Å². The van der Waals surface area contributed by atoms with Gasteiger partial charge in [0.2, 0.25) is 0 Å². The van der Waals surface area contributed by atoms with E-state index in [0.29, 0.717) is 21.8 Å². The summed E-state index contributed by atoms with van der Waals surface area (Å²) < 4.78 is 5.97. The molecule has 0 fully saturated rings. The number of non-ortho nitro benzene ring substituents is 1. The van der Waals surface area contributed by atoms with Crippen molar-refractivity contribution in [2.75, 3.05) is 12.4 Å². The molecule has 4 rings (SSSR count). The molecule has 0 bridgehead atoms. The summed E-state index contributed by atoms with van der Waals surface area (Å²) >= 11 is 1.36. The van der Waals surface area contributed by atoms with Crippen molar-refractivity contribution in [2.45, 2.75) is 0 Å². The third-order valence-electron chi connectivity index (χ3n) is 3.77. The predicted molar refractivity (Wildman–Crippen MR) is 96.9 cm³/mol. The summed E-state index contributed by atoms with van der Waals surface area (Å²) in [4.78, 5) is 27.3. The highest BCUT2D eigenvalue weighted by Gasteiger charge is 2.18. The van der Waals surface area contributed by atoms with Crippen molar-refractivity contribution in [3.63, 3.8) is 0 Å². The first-order valence-corrected chi connectivity index (χ1v) is 8.25. The van der Waals surface area contributed by atoms with Gasteiger partial charge in [0.15, 0.2) is 5.69 Å². The van der Waals surface area contributed by atoms with Crippen molar-refractivity contribution in [3.8, 4) is 5.19 Å². The van der Waals surface area contributed by atoms with Crippen LogP contribution in [0.25, 0.3) is 21.1 Å². The Balaban J connectivity index is 1.66. The predicted octanol–water partition coefficient (Wildman–Crippen LogP) is 3.34. The molecule has 9 nitrogen and oxygen atoms in total. The number of nitrogens with one attached hydrogen (secondary N) is 2. The van der Waals surface area contributed by atoms with E-state index < -0.39 is 10.8 Å². The average Bonchev–Trinajstić information content (AvgIpc) is 3.24. The van der Waals surface area contributed by atoms with Crippen LogP contribution in [-0.4, -0.2) is 33.1 Å². The van der Waals surface area contributed by atoms with Crippen LogP contribution in [0.4, 0.5) is 11.4 Å². The highest BCUT2D eigenvalue weighted by Crippen LogP contribution is 2.30. The Morgan fingerprint density at radius 2 is 2.15 bits per heavy atom. The van der Waals surface area contributed by atoms with Crippen molar-refractivity contribution < 1.29 is 14.5 Å². The van der Waals surface area contributed by atoms with Crippen molar-refractivity contribution in [1.82, 2.24) is 15.2 Å². The number of ether oxygens (including phenoxy) is 1. The molecule has 0 aliphatic heterocycles. The first-order valence-electron chi connectivity index (χ1n) is 7.43. The summed E-state index contributed by atoms with van der Waals surface area (Å²) in [5.41, 5.74) is 1.86. The maximum Gasteiger partial charge on any atom is 0.276 e. The number of aromatic amines is 1. The van der Waals surface area contributed by atoms with Crippen LogP contribution in [0.1, 0.15) is 10.5 Å². The maximum atomic E-state index is 12.6. The van der Waals surface area contributed by atoms with Crippen LogP contribution >= 0.6 is 11.3 Å². The number of anilines is 1. The SMILES string of the molecule is COc1nc2ccc(NC(=O)c3n[nH]c4ccc([N+](=O)[O-])cc34)cc2s1. The minimum atomic E-state index is -0.515. The van der Waals surface area contributed by atoms with Gasteiger partial charge in [-0.05, 0) is 24.3 Å². The van der Waals surface area contributed by atoms with E-state index in [9.17, 15) is 14.9 Å². The van der Waals surface area contributed by atoms with E-state index in [-0.39, 0.29) is 11.4 Å². The minimum Gasteiger partial charge on any atom is -0.473 e. The summed E-state index contributed by atoms with van der Waals surface area (Å²) in [7, 11) is 1.54. The van der Waals surface area contributed by atoms with Crippen LogP contribution in [0.5, 0.6) is 5.19 Å². The molecule has 10 heteroatoms. The van der Waals surface area contributed by atoms with Gasteiger partial charge in [0.25, 0.3) is 16.8 Å². The summed E-state index contributed by atoms with van der Waals surface area (Å²) in [6.07, 6.45) is 0. The lowest BCUT2D eigenvalue weighted by atomic mass is 10.2. The Bertz CT molecular complexity index is 1170. The molecule has 0 spiro atoms. The molecule has 0 atom stereocenters. The van der Waals surface area contributed by atoms with Crippen LogP contribution in [-0.2, 0) is 0 Å². The molecule has 0 saturated heterocycles. The number of methoxy groups -OCH3 is 1. The number of fused-ring (bicyclic) bond motifs is 2. The number of thiazole rings is 1. The monoisotopic (exact) mass is 369 g/mol. The van der Waals surface area contributed by atoms with E-state index in [1.54, 1.807) is 25.3 Å². The lowest BCUT2D eigenvalue weighted by Gasteiger charge is -2.03. The molecular weight excluding hydrogens is 358 g/mol. The minimum absolute atomic E-state index is 0.0886. The van der Waals surface area contributed by atoms with Crippen LogP contribution in [0, 0.1) is 10.1 Å². The molecule has 0 unspecified atom stereocenters. The number of nitro groups is 1. The van der Waals surface area contributed by atoms with Gasteiger partial charge in [0, 0.05) is 23.2 Å². The Hall–Kier alpha value is -3.53. The number of hydrogen-bond donors (Lipinski definition) is 2. The van der Waals surface area contributed by atoms with Crippen molar-refractivity contribution in [2.24, 2.45) is 0 Å². The van der Waals surface area contributed by atoms with E-state index in [1.165, 1.54) is 29.5 Å². The van der Waals surface area contributed by atoms with Crippen LogP contribution in [0.3, 0.4) is 0 Å². The Morgan fingerprint density at radius 3 is 2.92 bits per heavy atom. The van der Waals surface area contributed by atoms with E-state index >= 15 is 0 Å². The van der Waals surface area contributed by atoms with Gasteiger partial charge in [-0.3, -0.25) is 20.0 Å². The number of carbonyl (C=O) groups is 1. The molecule has 1 amide bonds. The zero-order valence-electron chi connectivity index (χ0n) is 13.3. The summed E-state index contributed by atoms with van der Waals surface area (Å²) in [5.74, 6) is -0.465. The summed E-state index contributed by atoms with van der Waals surface area (Å²) in [5, 5.41) is 21.3. The Kier molecular flexibility index (Phi) is 3.73. The molecule has 0 aliphatic rings. The highest BCUT2D eigenvalue weighted by molar-refractivity contribution is 7.20. The largest absolute Gasteiger partial charge is 0.473 e. The van der Waals surface area contributed by atoms with Gasteiger partial charge in [-0.25, -0.2) is 4.98 Å². The average molecular weight is 369 g/mol. The Morgan fingerprint density at radius 1 is 1.31 bits per heavy atom. The fourth-order valence-electron chi connectivity index (χ4n) is 2.55. The number of amides is 1. The van der Waals surface area contributed by atoms with Crippen molar-refractivity contribution in [1.29, 1.82) is 0 Å². The van der Waals surface area contributed by atoms with Crippen LogP contribution < -0.4 is 10.1 Å². The summed E-state index contributed by atoms with van der Waals surface area (Å²) in [6.45, 7) is 0. The van der Waals surface area contributed by atoms with Crippen LogP contribution in [0.2, 0.25) is 0 Å². The molecule has 2 aromatic heterocycles. The fraction of sp³-hybridized carbons (Fsp3) is 0.0625. The van der Waals surface area contributed by atoms with E-state index in [0.717, 1.165) is 10.2 Å². The topological polar surface area (TPSA) is 123 Å². The van der Waals surface area contributed by atoms with Gasteiger partial charge in [-0.15, -0.1) is 0 Å². The second kappa shape index (κ2) is 6.08. The number of carbonyl (C=O) groups excluding carboxylic acids is 1. The fourth-order valence-corrected chi connectivity index (χ4v) is 3.37. The van der Waals surface area contributed by atoms with Gasteiger partial charge >= 0.3 is 0 Å². The second-order valence-electron chi connectivity index (χ2n) is 5.38. The number of nitrogens with zero attached hydrogens (tertiary/aromatic N) is 3. The molecule has 2 aromatic carbocycles. The first-order chi connectivity index (χ1) is 12.5. The second-order valence-corrected chi connectivity index (χ2v) is 6.37. The number of H-pyrrole nitrogens is 1. The standard InChI is InChI=1S/C16H11N5O4S/c1-25-16-18-12-4-2-8(6-13(12)26-16)17-15(22)14-10-7-9(21(23)24)3-5-11(10)19-20-14/h2-7H,1H3,(H,17,22)(H,19,20). The third kappa shape index (κ3) is 2.71. The van der Waals surface area contributed by atoms with E-state index in [2.05, 4.69) is 20.5 Å². The number of nitro benzene ring substituents is 1. The number of benzene rings is 2. The molecule has 0 aliphatic carbocycles. The van der Waals surface area contributed by atoms with Crippen molar-refractivity contribution in [3.05, 3.63) is 52.2 Å². The highest BCUT2D eigenvalue weighted by atomic mass is 32.1. The molecular formula is C16H11N5O4S. The molecule has 0 radical (unpaired) electrons. The third-order valence-corrected chi connectivity index (χ3v) is 4.75. The molecule has 2 N–H and O–H groups in total. The lowest BCUT2D eigenvalue weighted by Crippen LogP contribution is -2.12. The normalized spacial score (nSPS) is 11.0. The number of aromatic nitrogens is 3. The molecule has 2 heterocycles. The van der Waals surface area contributed by atoms with E-state index in [1.807, 2.05) is 0 Å². The van der Waals surface area contributed by atoms with Gasteiger partial charge in [0.1, 0.15) is 0 Å². The van der Waals surface area contributed by atoms with Gasteiger partial charge in [-0.2, -0.15) is 5.10 Å². The van der Waals surface area contributed by atoms with Gasteiger partial charge in [-0.1, -0.05) is 11.3 Å². The Labute approximate surface area is 149 Å². The number of hydrogen-bond acceptors (Lipinski definition) is 7. The molecule has 130 valence electrons. The quantitative estimate of drug-likeness (QED) is 0.420. The zero-order valence-corrected chi connectivity index (χ0v) is 14.2. The van der Waals surface area contributed by atoms with Gasteiger partial charge in [0.05, 0.1) is 27.8 Å². The van der Waals surface area contributed by atoms with Crippen LogP contribution in [0.15, 0.2) is 36.4 Å². The lowest BCUT2D eigenvalue weighted by molar-refractivity contribution is -0.384. The number of rotatable bonds is 4.